The average molecular weight is 83.1 g/mol. The van der Waals surface area contributed by atoms with Crippen LogP contribution in [0.25, 0.3) is 0 Å². The maximum Gasteiger partial charge on any atom is -0.00705 e. The molecule has 1 aliphatic rings. The van der Waals surface area contributed by atoms with Crippen molar-refractivity contribution in [2.24, 2.45) is 5.73 Å². The molecule has 6 heavy (non-hydrogen) atoms. The van der Waals surface area contributed by atoms with Crippen LogP contribution in [0.5, 0.6) is 0 Å². The Hall–Kier alpha value is -0.460. The van der Waals surface area contributed by atoms with Crippen LogP contribution in [0.1, 0.15) is 19.3 Å². The second-order valence-electron chi connectivity index (χ2n) is 1.68. The van der Waals surface area contributed by atoms with Crippen molar-refractivity contribution in [1.82, 2.24) is 0 Å². The number of hydrogen-bond acceptors (Lipinski definition) is 1. The summed E-state index contributed by atoms with van der Waals surface area (Å²) in [5.41, 5.74) is 6.60. The summed E-state index contributed by atoms with van der Waals surface area (Å²) in [7, 11) is 0. The molecule has 0 bridgehead atoms. The highest BCUT2D eigenvalue weighted by Gasteiger charge is 2.04. The van der Waals surface area contributed by atoms with E-state index >= 15 is 0 Å². The van der Waals surface area contributed by atoms with Crippen molar-refractivity contribution in [2.75, 3.05) is 0 Å². The van der Waals surface area contributed by atoms with Gasteiger partial charge < -0.3 is 5.73 Å². The molecule has 0 saturated heterocycles. The Morgan fingerprint density at radius 2 is 2.17 bits per heavy atom. The minimum atomic E-state index is 1.25. The fourth-order valence-electron chi connectivity index (χ4n) is 0.548. The van der Waals surface area contributed by atoms with Gasteiger partial charge in [0, 0.05) is 0 Å². The van der Waals surface area contributed by atoms with Crippen molar-refractivity contribution in [2.45, 2.75) is 19.3 Å². The Kier molecular flexibility index (Phi) is 0.825. The molecule has 1 saturated carbocycles. The summed E-state index contributed by atoms with van der Waals surface area (Å²) in [6.45, 7) is 0. The molecule has 0 aliphatic heterocycles. The van der Waals surface area contributed by atoms with Gasteiger partial charge in [0.2, 0.25) is 0 Å². The minimum Gasteiger partial charge on any atom is -0.405 e. The predicted octanol–water partition coefficient (Wildman–Crippen LogP) is 1.01. The topological polar surface area (TPSA) is 26.0 Å². The molecule has 1 rings (SSSR count). The number of hydrogen-bond donors (Lipinski definition) is 1. The van der Waals surface area contributed by atoms with Crippen molar-refractivity contribution in [1.29, 1.82) is 0 Å². The van der Waals surface area contributed by atoms with Gasteiger partial charge in [0.1, 0.15) is 0 Å². The third-order valence-corrected chi connectivity index (χ3v) is 1.23. The summed E-state index contributed by atoms with van der Waals surface area (Å²) in [6, 6.07) is 0. The zero-order valence-corrected chi connectivity index (χ0v) is 3.78. The Morgan fingerprint density at radius 1 is 1.50 bits per heavy atom. The minimum absolute atomic E-state index is 1.25. The maximum absolute atomic E-state index is 5.17. The summed E-state index contributed by atoms with van der Waals surface area (Å²) < 4.78 is 0. The molecule has 0 unspecified atom stereocenters. The second kappa shape index (κ2) is 1.33. The Morgan fingerprint density at radius 3 is 2.17 bits per heavy atom. The Balaban J connectivity index is 2.34. The summed E-state index contributed by atoms with van der Waals surface area (Å²) in [5, 5.41) is 0. The molecule has 2 N–H and O–H groups in total. The van der Waals surface area contributed by atoms with Gasteiger partial charge in [0.25, 0.3) is 0 Å². The normalized spacial score (nSPS) is 19.7. The molecular weight excluding hydrogens is 74.1 g/mol. The third kappa shape index (κ3) is 0.402. The van der Waals surface area contributed by atoms with Gasteiger partial charge in [0.05, 0.1) is 0 Å². The van der Waals surface area contributed by atoms with E-state index in [4.69, 9.17) is 5.73 Å². The van der Waals surface area contributed by atoms with E-state index in [1.165, 1.54) is 24.8 Å². The SMILES string of the molecule is NC=C1CCC1. The summed E-state index contributed by atoms with van der Waals surface area (Å²) in [5.74, 6) is 0. The van der Waals surface area contributed by atoms with E-state index in [9.17, 15) is 0 Å². The van der Waals surface area contributed by atoms with Crippen LogP contribution in [0.3, 0.4) is 0 Å². The lowest BCUT2D eigenvalue weighted by Gasteiger charge is -2.13. The van der Waals surface area contributed by atoms with Crippen LogP contribution in [0.15, 0.2) is 11.8 Å². The summed E-state index contributed by atoms with van der Waals surface area (Å²) >= 11 is 0. The molecule has 1 fully saturated rings. The first-order chi connectivity index (χ1) is 2.93. The number of rotatable bonds is 0. The van der Waals surface area contributed by atoms with Crippen LogP contribution in [-0.2, 0) is 0 Å². The average Bonchev–Trinajstić information content (AvgIpc) is 1.31. The first-order valence-corrected chi connectivity index (χ1v) is 2.33. The molecule has 0 aromatic heterocycles. The summed E-state index contributed by atoms with van der Waals surface area (Å²) in [6.07, 6.45) is 5.57. The lowest BCUT2D eigenvalue weighted by Crippen LogP contribution is -1.98. The van der Waals surface area contributed by atoms with Gasteiger partial charge in [-0.25, -0.2) is 0 Å². The molecular formula is C5H9N. The quantitative estimate of drug-likeness (QED) is 0.464. The lowest BCUT2D eigenvalue weighted by atomic mass is 9.94. The van der Waals surface area contributed by atoms with Crippen molar-refractivity contribution in [3.63, 3.8) is 0 Å². The number of nitrogens with two attached hydrogens (primary N) is 1. The summed E-state index contributed by atoms with van der Waals surface area (Å²) in [4.78, 5) is 0. The monoisotopic (exact) mass is 83.1 g/mol. The number of allylic oxidation sites excluding steroid dienone is 1. The van der Waals surface area contributed by atoms with E-state index in [0.29, 0.717) is 0 Å². The van der Waals surface area contributed by atoms with Crippen LogP contribution in [0, 0.1) is 0 Å². The van der Waals surface area contributed by atoms with Crippen molar-refractivity contribution in [3.8, 4) is 0 Å². The highest BCUT2D eigenvalue weighted by molar-refractivity contribution is 5.06. The van der Waals surface area contributed by atoms with Gasteiger partial charge in [-0.15, -0.1) is 0 Å². The van der Waals surface area contributed by atoms with Crippen LogP contribution >= 0.6 is 0 Å². The first kappa shape index (κ1) is 3.72. The van der Waals surface area contributed by atoms with Gasteiger partial charge in [-0.3, -0.25) is 0 Å². The van der Waals surface area contributed by atoms with Gasteiger partial charge in [-0.05, 0) is 25.5 Å². The third-order valence-electron chi connectivity index (χ3n) is 1.23. The van der Waals surface area contributed by atoms with E-state index in [1.54, 1.807) is 6.20 Å². The van der Waals surface area contributed by atoms with Gasteiger partial charge in [-0.2, -0.15) is 0 Å². The van der Waals surface area contributed by atoms with Crippen molar-refractivity contribution < 1.29 is 0 Å². The predicted molar refractivity (Wildman–Crippen MR) is 26.1 cm³/mol. The van der Waals surface area contributed by atoms with Crippen LogP contribution in [0.2, 0.25) is 0 Å². The molecule has 0 atom stereocenters. The molecule has 0 radical (unpaired) electrons. The zero-order chi connectivity index (χ0) is 4.41. The molecule has 0 aromatic rings. The molecule has 0 aromatic carbocycles. The van der Waals surface area contributed by atoms with Gasteiger partial charge in [-0.1, -0.05) is 5.57 Å². The first-order valence-electron chi connectivity index (χ1n) is 2.33. The molecule has 1 heteroatoms. The fraction of sp³-hybridized carbons (Fsp3) is 0.600. The van der Waals surface area contributed by atoms with Gasteiger partial charge in [0.15, 0.2) is 0 Å². The second-order valence-corrected chi connectivity index (χ2v) is 1.68. The highest BCUT2D eigenvalue weighted by atomic mass is 14.5. The standard InChI is InChI=1S/C5H9N/c6-4-5-2-1-3-5/h4H,1-3,6H2. The fourth-order valence-corrected chi connectivity index (χ4v) is 0.548. The smallest absolute Gasteiger partial charge is 0.00705 e. The van der Waals surface area contributed by atoms with E-state index in [-0.39, 0.29) is 0 Å². The van der Waals surface area contributed by atoms with Crippen molar-refractivity contribution >= 4 is 0 Å². The van der Waals surface area contributed by atoms with E-state index in [2.05, 4.69) is 0 Å². The largest absolute Gasteiger partial charge is 0.405 e. The van der Waals surface area contributed by atoms with Crippen LogP contribution in [0.4, 0.5) is 0 Å². The van der Waals surface area contributed by atoms with E-state index in [0.717, 1.165) is 0 Å². The maximum atomic E-state index is 5.17. The molecule has 34 valence electrons. The highest BCUT2D eigenvalue weighted by Crippen LogP contribution is 2.23. The molecule has 0 amide bonds. The van der Waals surface area contributed by atoms with E-state index < -0.39 is 0 Å². The zero-order valence-electron chi connectivity index (χ0n) is 3.78. The Labute approximate surface area is 37.8 Å². The lowest BCUT2D eigenvalue weighted by molar-refractivity contribution is 0.659. The molecule has 0 spiro atoms. The van der Waals surface area contributed by atoms with Crippen LogP contribution in [-0.4, -0.2) is 0 Å². The van der Waals surface area contributed by atoms with Crippen molar-refractivity contribution in [3.05, 3.63) is 11.8 Å². The molecule has 1 nitrogen and oxygen atoms in total. The van der Waals surface area contributed by atoms with Gasteiger partial charge >= 0.3 is 0 Å². The molecule has 1 aliphatic carbocycles. The van der Waals surface area contributed by atoms with E-state index in [1.807, 2.05) is 0 Å². The Bertz CT molecular complexity index is 68.0. The van der Waals surface area contributed by atoms with Crippen LogP contribution < -0.4 is 5.73 Å². The molecule has 0 heterocycles.